The van der Waals surface area contributed by atoms with E-state index in [0.717, 1.165) is 5.56 Å². The Hall–Kier alpha value is -2.58. The summed E-state index contributed by atoms with van der Waals surface area (Å²) in [5.74, 6) is 0.101. The highest BCUT2D eigenvalue weighted by atomic mass is 32.2. The largest absolute Gasteiger partial charge is 0.495 e. The fourth-order valence-electron chi connectivity index (χ4n) is 2.40. The molecule has 0 aliphatic carbocycles. The van der Waals surface area contributed by atoms with Crippen LogP contribution in [-0.2, 0) is 10.0 Å². The van der Waals surface area contributed by atoms with E-state index < -0.39 is 10.0 Å². The molecule has 0 aromatic heterocycles. The fourth-order valence-corrected chi connectivity index (χ4v) is 3.51. The predicted octanol–water partition coefficient (Wildman–Crippen LogP) is 2.10. The highest BCUT2D eigenvalue weighted by Gasteiger charge is 2.18. The Morgan fingerprint density at radius 1 is 1.15 bits per heavy atom. The van der Waals surface area contributed by atoms with Gasteiger partial charge < -0.3 is 15.0 Å². The summed E-state index contributed by atoms with van der Waals surface area (Å²) in [6.07, 6.45) is 0. The van der Waals surface area contributed by atoms with Crippen molar-refractivity contribution >= 4 is 21.6 Å². The summed E-state index contributed by atoms with van der Waals surface area (Å²) in [4.78, 5) is 14.2. The van der Waals surface area contributed by atoms with Gasteiger partial charge in [0.25, 0.3) is 15.9 Å². The molecule has 146 valence electrons. The molecule has 0 fully saturated rings. The van der Waals surface area contributed by atoms with Crippen molar-refractivity contribution in [2.45, 2.75) is 11.8 Å². The number of rotatable bonds is 8. The Balaban J connectivity index is 2.22. The number of sulfonamides is 1. The molecule has 7 nitrogen and oxygen atoms in total. The van der Waals surface area contributed by atoms with Crippen molar-refractivity contribution < 1.29 is 17.9 Å². The number of methoxy groups -OCH3 is 1. The van der Waals surface area contributed by atoms with Crippen LogP contribution in [0, 0.1) is 6.92 Å². The minimum atomic E-state index is -3.87. The molecule has 0 saturated heterocycles. The van der Waals surface area contributed by atoms with Gasteiger partial charge in [-0.3, -0.25) is 9.52 Å². The van der Waals surface area contributed by atoms with Crippen LogP contribution in [0.4, 0.5) is 5.69 Å². The van der Waals surface area contributed by atoms with Crippen molar-refractivity contribution in [3.05, 3.63) is 53.6 Å². The van der Waals surface area contributed by atoms with E-state index in [1.165, 1.54) is 19.2 Å². The molecule has 0 heterocycles. The smallest absolute Gasteiger partial charge is 0.262 e. The van der Waals surface area contributed by atoms with E-state index in [2.05, 4.69) is 10.0 Å². The van der Waals surface area contributed by atoms with Crippen LogP contribution in [0.1, 0.15) is 15.9 Å². The molecule has 0 aliphatic heterocycles. The maximum atomic E-state index is 12.8. The number of benzene rings is 2. The van der Waals surface area contributed by atoms with Crippen LogP contribution in [-0.4, -0.2) is 53.5 Å². The number of aryl methyl sites for hydroxylation is 1. The molecule has 8 heteroatoms. The Kier molecular flexibility index (Phi) is 6.81. The van der Waals surface area contributed by atoms with Crippen LogP contribution in [0.3, 0.4) is 0 Å². The summed E-state index contributed by atoms with van der Waals surface area (Å²) in [5, 5.41) is 2.77. The highest BCUT2D eigenvalue weighted by molar-refractivity contribution is 7.92. The van der Waals surface area contributed by atoms with Gasteiger partial charge in [0.15, 0.2) is 0 Å². The van der Waals surface area contributed by atoms with Gasteiger partial charge in [0, 0.05) is 18.7 Å². The first kappa shape index (κ1) is 20.7. The molecule has 2 aromatic carbocycles. The van der Waals surface area contributed by atoms with E-state index in [-0.39, 0.29) is 16.4 Å². The molecular formula is C19H25N3O4S. The molecule has 0 bridgehead atoms. The monoisotopic (exact) mass is 391 g/mol. The topological polar surface area (TPSA) is 87.7 Å². The fraction of sp³-hybridized carbons (Fsp3) is 0.316. The lowest BCUT2D eigenvalue weighted by Gasteiger charge is -2.13. The van der Waals surface area contributed by atoms with Crippen molar-refractivity contribution in [1.82, 2.24) is 10.2 Å². The third-order valence-electron chi connectivity index (χ3n) is 3.85. The average Bonchev–Trinajstić information content (AvgIpc) is 2.61. The second-order valence-electron chi connectivity index (χ2n) is 6.40. The van der Waals surface area contributed by atoms with E-state index in [1.54, 1.807) is 24.3 Å². The normalized spacial score (nSPS) is 11.3. The summed E-state index contributed by atoms with van der Waals surface area (Å²) in [7, 11) is 1.42. The van der Waals surface area contributed by atoms with E-state index in [1.807, 2.05) is 32.0 Å². The number of anilines is 1. The number of hydrogen-bond acceptors (Lipinski definition) is 5. The lowest BCUT2D eigenvalue weighted by Crippen LogP contribution is -2.31. The van der Waals surface area contributed by atoms with E-state index >= 15 is 0 Å². The van der Waals surface area contributed by atoms with Crippen molar-refractivity contribution in [2.24, 2.45) is 0 Å². The number of ether oxygens (including phenoxy) is 1. The van der Waals surface area contributed by atoms with Crippen LogP contribution >= 0.6 is 0 Å². The quantitative estimate of drug-likeness (QED) is 0.720. The van der Waals surface area contributed by atoms with Crippen molar-refractivity contribution in [2.75, 3.05) is 39.0 Å². The Labute approximate surface area is 160 Å². The summed E-state index contributed by atoms with van der Waals surface area (Å²) in [6.45, 7) is 3.02. The number of carbonyl (C=O) groups excluding carboxylic acids is 1. The van der Waals surface area contributed by atoms with E-state index in [9.17, 15) is 13.2 Å². The zero-order valence-corrected chi connectivity index (χ0v) is 16.8. The van der Waals surface area contributed by atoms with Gasteiger partial charge in [0.1, 0.15) is 5.75 Å². The minimum Gasteiger partial charge on any atom is -0.495 e. The summed E-state index contributed by atoms with van der Waals surface area (Å²) in [5.41, 5.74) is 1.52. The van der Waals surface area contributed by atoms with Crippen LogP contribution < -0.4 is 14.8 Å². The molecule has 0 atom stereocenters. The summed E-state index contributed by atoms with van der Waals surface area (Å²) in [6, 6.07) is 11.1. The molecule has 27 heavy (non-hydrogen) atoms. The molecule has 2 N–H and O–H groups in total. The van der Waals surface area contributed by atoms with Gasteiger partial charge in [0.05, 0.1) is 17.7 Å². The molecule has 0 unspecified atom stereocenters. The first-order chi connectivity index (χ1) is 12.7. The molecule has 2 aromatic rings. The standard InChI is InChI=1S/C19H25N3O4S/c1-14-8-9-18(26-4)17(12-14)21-27(24,25)16-7-5-6-15(13-16)19(23)20-10-11-22(2)3/h5-9,12-13,21H,10-11H2,1-4H3,(H,20,23). The third-order valence-corrected chi connectivity index (χ3v) is 5.21. The van der Waals surface area contributed by atoms with Crippen LogP contribution in [0.2, 0.25) is 0 Å². The Morgan fingerprint density at radius 2 is 1.89 bits per heavy atom. The molecule has 0 spiro atoms. The maximum absolute atomic E-state index is 12.8. The first-order valence-corrected chi connectivity index (χ1v) is 9.91. The van der Waals surface area contributed by atoms with Gasteiger partial charge in [-0.15, -0.1) is 0 Å². The second-order valence-corrected chi connectivity index (χ2v) is 8.08. The van der Waals surface area contributed by atoms with E-state index in [0.29, 0.717) is 24.5 Å². The lowest BCUT2D eigenvalue weighted by molar-refractivity contribution is 0.0951. The number of nitrogens with zero attached hydrogens (tertiary/aromatic N) is 1. The number of amides is 1. The van der Waals surface area contributed by atoms with Gasteiger partial charge in [-0.05, 0) is 56.9 Å². The summed E-state index contributed by atoms with van der Waals surface area (Å²) >= 11 is 0. The highest BCUT2D eigenvalue weighted by Crippen LogP contribution is 2.28. The average molecular weight is 391 g/mol. The number of carbonyl (C=O) groups is 1. The van der Waals surface area contributed by atoms with Crippen molar-refractivity contribution in [1.29, 1.82) is 0 Å². The van der Waals surface area contributed by atoms with Gasteiger partial charge in [-0.25, -0.2) is 8.42 Å². The Bertz CT molecular complexity index is 911. The van der Waals surface area contributed by atoms with Crippen LogP contribution in [0.5, 0.6) is 5.75 Å². The third kappa shape index (κ3) is 5.70. The van der Waals surface area contributed by atoms with E-state index in [4.69, 9.17) is 4.74 Å². The van der Waals surface area contributed by atoms with Crippen molar-refractivity contribution in [3.63, 3.8) is 0 Å². The first-order valence-electron chi connectivity index (χ1n) is 8.43. The molecular weight excluding hydrogens is 366 g/mol. The SMILES string of the molecule is COc1ccc(C)cc1NS(=O)(=O)c1cccc(C(=O)NCCN(C)C)c1. The van der Waals surface area contributed by atoms with Crippen LogP contribution in [0.25, 0.3) is 0 Å². The number of hydrogen-bond donors (Lipinski definition) is 2. The molecule has 0 aliphatic rings. The van der Waals surface area contributed by atoms with Crippen molar-refractivity contribution in [3.8, 4) is 5.75 Å². The zero-order valence-electron chi connectivity index (χ0n) is 15.9. The lowest BCUT2D eigenvalue weighted by atomic mass is 10.2. The molecule has 0 radical (unpaired) electrons. The zero-order chi connectivity index (χ0) is 20.0. The maximum Gasteiger partial charge on any atom is 0.262 e. The predicted molar refractivity (Wildman–Crippen MR) is 106 cm³/mol. The molecule has 1 amide bonds. The number of nitrogens with one attached hydrogen (secondary N) is 2. The Morgan fingerprint density at radius 3 is 2.56 bits per heavy atom. The minimum absolute atomic E-state index is 0.00585. The van der Waals surface area contributed by atoms with Gasteiger partial charge in [0.2, 0.25) is 0 Å². The van der Waals surface area contributed by atoms with Gasteiger partial charge in [-0.1, -0.05) is 12.1 Å². The molecule has 0 saturated carbocycles. The number of likely N-dealkylation sites (N-methyl/N-ethyl adjacent to an activating group) is 1. The van der Waals surface area contributed by atoms with Gasteiger partial charge in [-0.2, -0.15) is 0 Å². The second kappa shape index (κ2) is 8.88. The summed E-state index contributed by atoms with van der Waals surface area (Å²) < 4.78 is 33.2. The van der Waals surface area contributed by atoms with Gasteiger partial charge >= 0.3 is 0 Å². The van der Waals surface area contributed by atoms with Crippen LogP contribution in [0.15, 0.2) is 47.4 Å². The molecule has 2 rings (SSSR count).